The van der Waals surface area contributed by atoms with E-state index in [1.54, 1.807) is 7.11 Å². The van der Waals surface area contributed by atoms with E-state index in [-0.39, 0.29) is 12.1 Å². The summed E-state index contributed by atoms with van der Waals surface area (Å²) >= 11 is 0. The third-order valence-electron chi connectivity index (χ3n) is 6.30. The van der Waals surface area contributed by atoms with E-state index in [1.807, 2.05) is 17.0 Å². The molecule has 0 radical (unpaired) electrons. The van der Waals surface area contributed by atoms with Gasteiger partial charge >= 0.3 is 6.03 Å². The number of hydrogen-bond donors (Lipinski definition) is 1. The first-order valence-corrected chi connectivity index (χ1v) is 9.93. The van der Waals surface area contributed by atoms with Crippen molar-refractivity contribution in [3.63, 3.8) is 0 Å². The number of rotatable bonds is 6. The van der Waals surface area contributed by atoms with Crippen LogP contribution in [0.3, 0.4) is 0 Å². The van der Waals surface area contributed by atoms with Crippen LogP contribution in [0.25, 0.3) is 0 Å². The molecule has 1 spiro atoms. The predicted molar refractivity (Wildman–Crippen MR) is 100 cm³/mol. The molecule has 3 aliphatic rings. The zero-order valence-corrected chi connectivity index (χ0v) is 15.9. The summed E-state index contributed by atoms with van der Waals surface area (Å²) in [6, 6.07) is 8.31. The van der Waals surface area contributed by atoms with Crippen LogP contribution in [0.2, 0.25) is 0 Å². The fourth-order valence-corrected chi connectivity index (χ4v) is 4.64. The average molecular weight is 358 g/mol. The summed E-state index contributed by atoms with van der Waals surface area (Å²) in [7, 11) is 1.68. The molecule has 3 fully saturated rings. The largest absolute Gasteiger partial charge is 0.497 e. The molecule has 2 aliphatic carbocycles. The van der Waals surface area contributed by atoms with E-state index in [2.05, 4.69) is 24.4 Å². The Morgan fingerprint density at radius 3 is 2.65 bits per heavy atom. The molecular weight excluding hydrogens is 328 g/mol. The fraction of sp³-hybridized carbons (Fsp3) is 0.667. The SMILES string of the molecule is CCOC1CC2(CCN(C(=O)NC(c3ccc(OC)cc3)C3CC3)C2)C1. The molecule has 0 aromatic heterocycles. The molecule has 1 aromatic carbocycles. The van der Waals surface area contributed by atoms with Gasteiger partial charge in [-0.1, -0.05) is 12.1 Å². The molecule has 1 aliphatic heterocycles. The van der Waals surface area contributed by atoms with Gasteiger partial charge in [0, 0.05) is 19.7 Å². The predicted octanol–water partition coefficient (Wildman–Crippen LogP) is 3.75. The van der Waals surface area contributed by atoms with Crippen molar-refractivity contribution in [2.45, 2.75) is 51.2 Å². The number of benzene rings is 1. The zero-order valence-electron chi connectivity index (χ0n) is 15.9. The second-order valence-electron chi connectivity index (χ2n) is 8.19. The Kier molecular flexibility index (Phi) is 4.82. The molecule has 1 heterocycles. The lowest BCUT2D eigenvalue weighted by Gasteiger charge is -2.44. The van der Waals surface area contributed by atoms with Crippen LogP contribution in [-0.4, -0.2) is 43.8 Å². The van der Waals surface area contributed by atoms with Crippen LogP contribution < -0.4 is 10.1 Å². The summed E-state index contributed by atoms with van der Waals surface area (Å²) in [6.45, 7) is 4.58. The minimum absolute atomic E-state index is 0.0921. The van der Waals surface area contributed by atoms with E-state index >= 15 is 0 Å². The van der Waals surface area contributed by atoms with Gasteiger partial charge in [-0.3, -0.25) is 0 Å². The molecule has 2 amide bonds. The molecule has 1 atom stereocenters. The van der Waals surface area contributed by atoms with Crippen molar-refractivity contribution in [1.29, 1.82) is 0 Å². The summed E-state index contributed by atoms with van der Waals surface area (Å²) in [5.74, 6) is 1.42. The Labute approximate surface area is 156 Å². The Morgan fingerprint density at radius 1 is 1.31 bits per heavy atom. The van der Waals surface area contributed by atoms with Crippen LogP contribution in [0.1, 0.15) is 50.6 Å². The standard InChI is InChI=1S/C21H30N2O3/c1-3-26-18-12-21(13-18)10-11-23(14-21)20(24)22-19(15-4-5-15)16-6-8-17(25-2)9-7-16/h6-9,15,18-19H,3-5,10-14H2,1-2H3,(H,22,24). The van der Waals surface area contributed by atoms with Gasteiger partial charge in [-0.05, 0) is 68.1 Å². The molecule has 1 N–H and O–H groups in total. The maximum absolute atomic E-state index is 12.9. The summed E-state index contributed by atoms with van der Waals surface area (Å²) in [5.41, 5.74) is 1.49. The number of nitrogens with one attached hydrogen (secondary N) is 1. The molecule has 2 saturated carbocycles. The quantitative estimate of drug-likeness (QED) is 0.843. The highest BCUT2D eigenvalue weighted by molar-refractivity contribution is 5.75. The normalized spacial score (nSPS) is 28.7. The van der Waals surface area contributed by atoms with Crippen molar-refractivity contribution in [2.24, 2.45) is 11.3 Å². The van der Waals surface area contributed by atoms with E-state index in [0.29, 0.717) is 17.4 Å². The van der Waals surface area contributed by atoms with Crippen LogP contribution in [-0.2, 0) is 4.74 Å². The number of amides is 2. The van der Waals surface area contributed by atoms with Gasteiger partial charge in [0.25, 0.3) is 0 Å². The molecule has 0 bridgehead atoms. The highest BCUT2D eigenvalue weighted by Gasteiger charge is 2.50. The van der Waals surface area contributed by atoms with Gasteiger partial charge in [0.15, 0.2) is 0 Å². The molecule has 5 nitrogen and oxygen atoms in total. The molecule has 5 heteroatoms. The van der Waals surface area contributed by atoms with Crippen molar-refractivity contribution in [2.75, 3.05) is 26.8 Å². The lowest BCUT2D eigenvalue weighted by Crippen LogP contribution is -2.47. The number of urea groups is 1. The summed E-state index contributed by atoms with van der Waals surface area (Å²) in [4.78, 5) is 14.9. The monoisotopic (exact) mass is 358 g/mol. The number of carbonyl (C=O) groups is 1. The van der Waals surface area contributed by atoms with Crippen LogP contribution in [0.5, 0.6) is 5.75 Å². The molecule has 4 rings (SSSR count). The fourth-order valence-electron chi connectivity index (χ4n) is 4.64. The van der Waals surface area contributed by atoms with E-state index in [1.165, 1.54) is 18.4 Å². The van der Waals surface area contributed by atoms with E-state index < -0.39 is 0 Å². The second kappa shape index (κ2) is 7.10. The maximum atomic E-state index is 12.9. The number of methoxy groups -OCH3 is 1. The van der Waals surface area contributed by atoms with Crippen LogP contribution >= 0.6 is 0 Å². The lowest BCUT2D eigenvalue weighted by atomic mass is 9.66. The van der Waals surface area contributed by atoms with Crippen molar-refractivity contribution >= 4 is 6.03 Å². The maximum Gasteiger partial charge on any atom is 0.317 e. The number of nitrogens with zero attached hydrogens (tertiary/aromatic N) is 1. The van der Waals surface area contributed by atoms with Gasteiger partial charge in [-0.25, -0.2) is 4.79 Å². The number of hydrogen-bond acceptors (Lipinski definition) is 3. The molecule has 142 valence electrons. The number of likely N-dealkylation sites (tertiary alicyclic amines) is 1. The molecule has 1 aromatic rings. The lowest BCUT2D eigenvalue weighted by molar-refractivity contribution is -0.0705. The topological polar surface area (TPSA) is 50.8 Å². The van der Waals surface area contributed by atoms with Gasteiger partial charge in [0.1, 0.15) is 5.75 Å². The van der Waals surface area contributed by atoms with Crippen molar-refractivity contribution in [1.82, 2.24) is 10.2 Å². The van der Waals surface area contributed by atoms with E-state index in [0.717, 1.165) is 44.7 Å². The first kappa shape index (κ1) is 17.7. The highest BCUT2D eigenvalue weighted by atomic mass is 16.5. The van der Waals surface area contributed by atoms with Gasteiger partial charge in [0.2, 0.25) is 0 Å². The van der Waals surface area contributed by atoms with Crippen molar-refractivity contribution in [3.05, 3.63) is 29.8 Å². The Hall–Kier alpha value is -1.75. The van der Waals surface area contributed by atoms with Crippen molar-refractivity contribution in [3.8, 4) is 5.75 Å². The van der Waals surface area contributed by atoms with Gasteiger partial charge in [-0.15, -0.1) is 0 Å². The average Bonchev–Trinajstić information content (AvgIpc) is 3.37. The highest BCUT2D eigenvalue weighted by Crippen LogP contribution is 2.49. The minimum Gasteiger partial charge on any atom is -0.497 e. The first-order chi connectivity index (χ1) is 12.6. The molecule has 1 saturated heterocycles. The molecule has 26 heavy (non-hydrogen) atoms. The molecular formula is C21H30N2O3. The summed E-state index contributed by atoms with van der Waals surface area (Å²) in [6.07, 6.45) is 6.11. The van der Waals surface area contributed by atoms with Gasteiger partial charge in [0.05, 0.1) is 19.3 Å². The third-order valence-corrected chi connectivity index (χ3v) is 6.30. The van der Waals surface area contributed by atoms with E-state index in [4.69, 9.17) is 9.47 Å². The summed E-state index contributed by atoms with van der Waals surface area (Å²) in [5, 5.41) is 3.31. The third kappa shape index (κ3) is 3.54. The summed E-state index contributed by atoms with van der Waals surface area (Å²) < 4.78 is 11.0. The van der Waals surface area contributed by atoms with Crippen LogP contribution in [0.4, 0.5) is 4.79 Å². The number of carbonyl (C=O) groups excluding carboxylic acids is 1. The Morgan fingerprint density at radius 2 is 2.04 bits per heavy atom. The van der Waals surface area contributed by atoms with Gasteiger partial charge in [-0.2, -0.15) is 0 Å². The molecule has 1 unspecified atom stereocenters. The second-order valence-corrected chi connectivity index (χ2v) is 8.19. The van der Waals surface area contributed by atoms with Crippen LogP contribution in [0, 0.1) is 11.3 Å². The Bertz CT molecular complexity index is 635. The van der Waals surface area contributed by atoms with Gasteiger partial charge < -0.3 is 19.7 Å². The smallest absolute Gasteiger partial charge is 0.317 e. The van der Waals surface area contributed by atoms with E-state index in [9.17, 15) is 4.79 Å². The Balaban J connectivity index is 1.35. The van der Waals surface area contributed by atoms with Crippen molar-refractivity contribution < 1.29 is 14.3 Å². The van der Waals surface area contributed by atoms with Crippen LogP contribution in [0.15, 0.2) is 24.3 Å². The zero-order chi connectivity index (χ0) is 18.1. The minimum atomic E-state index is 0.0921. The number of ether oxygens (including phenoxy) is 2. The first-order valence-electron chi connectivity index (χ1n) is 9.93.